The molecule has 3 rings (SSSR count). The van der Waals surface area contributed by atoms with Crippen LogP contribution in [-0.4, -0.2) is 17.0 Å². The van der Waals surface area contributed by atoms with Crippen molar-refractivity contribution in [3.63, 3.8) is 0 Å². The van der Waals surface area contributed by atoms with Gasteiger partial charge in [-0.3, -0.25) is 4.79 Å². The molecule has 0 aliphatic carbocycles. The predicted octanol–water partition coefficient (Wildman–Crippen LogP) is 4.26. The minimum Gasteiger partial charge on any atom is -0.478 e. The maximum atomic E-state index is 12.3. The van der Waals surface area contributed by atoms with Gasteiger partial charge < -0.3 is 20.9 Å². The number of anilines is 2. The van der Waals surface area contributed by atoms with Crippen molar-refractivity contribution >= 4 is 23.3 Å². The number of amides is 1. The maximum absolute atomic E-state index is 12.3. The number of rotatable bonds is 5. The molecule has 0 heterocycles. The second kappa shape index (κ2) is 7.40. The number of carbonyl (C=O) groups is 2. The van der Waals surface area contributed by atoms with Gasteiger partial charge in [0.25, 0.3) is 5.91 Å². The molecule has 3 aromatic carbocycles. The Hall–Kier alpha value is -3.80. The molecule has 0 aliphatic heterocycles. The van der Waals surface area contributed by atoms with E-state index in [1.54, 1.807) is 60.7 Å². The number of carboxylic acid groups (broad SMARTS) is 1. The smallest absolute Gasteiger partial charge is 0.336 e. The highest BCUT2D eigenvalue weighted by atomic mass is 16.5. The SMILES string of the molecule is Nc1ccc(Oc2ccc(NC(=O)c3ccccc3C(=O)O)cc2)cc1.[HH]. The van der Waals surface area contributed by atoms with Crippen LogP contribution in [0.4, 0.5) is 11.4 Å². The minimum atomic E-state index is -1.15. The molecule has 0 spiro atoms. The molecular weight excluding hydrogens is 332 g/mol. The van der Waals surface area contributed by atoms with Crippen molar-refractivity contribution < 1.29 is 20.9 Å². The third kappa shape index (κ3) is 3.99. The van der Waals surface area contributed by atoms with Gasteiger partial charge >= 0.3 is 5.97 Å². The lowest BCUT2D eigenvalue weighted by atomic mass is 10.1. The highest BCUT2D eigenvalue weighted by Gasteiger charge is 2.15. The number of carboxylic acids is 1. The number of hydrogen-bond acceptors (Lipinski definition) is 4. The van der Waals surface area contributed by atoms with E-state index in [2.05, 4.69) is 5.32 Å². The van der Waals surface area contributed by atoms with E-state index in [0.29, 0.717) is 22.9 Å². The quantitative estimate of drug-likeness (QED) is 0.597. The molecule has 26 heavy (non-hydrogen) atoms. The summed E-state index contributed by atoms with van der Waals surface area (Å²) in [7, 11) is 0. The monoisotopic (exact) mass is 350 g/mol. The highest BCUT2D eigenvalue weighted by molar-refractivity contribution is 6.10. The fraction of sp³-hybridized carbons (Fsp3) is 0. The van der Waals surface area contributed by atoms with Crippen LogP contribution in [-0.2, 0) is 0 Å². The highest BCUT2D eigenvalue weighted by Crippen LogP contribution is 2.24. The van der Waals surface area contributed by atoms with E-state index in [1.165, 1.54) is 12.1 Å². The standard InChI is InChI=1S/C20H16N2O4.H2/c21-13-5-9-15(10-6-13)26-16-11-7-14(8-12-16)22-19(23)17-3-1-2-4-18(17)20(24)25;/h1-12H,21H2,(H,22,23)(H,24,25);1H. The van der Waals surface area contributed by atoms with Gasteiger partial charge in [-0.2, -0.15) is 0 Å². The topological polar surface area (TPSA) is 102 Å². The Morgan fingerprint density at radius 2 is 1.38 bits per heavy atom. The predicted molar refractivity (Wildman–Crippen MR) is 101 cm³/mol. The largest absolute Gasteiger partial charge is 0.478 e. The molecule has 132 valence electrons. The van der Waals surface area contributed by atoms with Crippen molar-refractivity contribution in [3.05, 3.63) is 83.9 Å². The number of nitrogen functional groups attached to an aromatic ring is 1. The molecule has 0 aromatic heterocycles. The number of nitrogens with two attached hydrogens (primary N) is 1. The molecule has 0 saturated carbocycles. The van der Waals surface area contributed by atoms with Crippen LogP contribution < -0.4 is 15.8 Å². The molecule has 0 aliphatic rings. The first-order valence-electron chi connectivity index (χ1n) is 7.80. The third-order valence-corrected chi connectivity index (χ3v) is 3.63. The third-order valence-electron chi connectivity index (χ3n) is 3.63. The lowest BCUT2D eigenvalue weighted by molar-refractivity contribution is 0.0692. The Kier molecular flexibility index (Phi) is 4.85. The Balaban J connectivity index is 0.00000261. The molecule has 1 amide bonds. The average molecular weight is 350 g/mol. The first kappa shape index (κ1) is 17.0. The molecule has 6 heteroatoms. The Morgan fingerprint density at radius 1 is 0.846 bits per heavy atom. The summed E-state index contributed by atoms with van der Waals surface area (Å²) in [6.45, 7) is 0. The van der Waals surface area contributed by atoms with E-state index in [1.807, 2.05) is 0 Å². The van der Waals surface area contributed by atoms with Gasteiger partial charge in [0.1, 0.15) is 11.5 Å². The summed E-state index contributed by atoms with van der Waals surface area (Å²) in [5.74, 6) is -0.400. The zero-order chi connectivity index (χ0) is 18.5. The van der Waals surface area contributed by atoms with E-state index >= 15 is 0 Å². The van der Waals surface area contributed by atoms with E-state index in [9.17, 15) is 9.59 Å². The summed E-state index contributed by atoms with van der Waals surface area (Å²) < 4.78 is 5.68. The molecular formula is C20H18N2O4. The molecule has 6 nitrogen and oxygen atoms in total. The fourth-order valence-electron chi connectivity index (χ4n) is 2.34. The molecule has 0 atom stereocenters. The van der Waals surface area contributed by atoms with Crippen LogP contribution in [0.2, 0.25) is 0 Å². The van der Waals surface area contributed by atoms with Gasteiger partial charge in [-0.15, -0.1) is 0 Å². The van der Waals surface area contributed by atoms with Crippen LogP contribution in [0.25, 0.3) is 0 Å². The van der Waals surface area contributed by atoms with Crippen LogP contribution >= 0.6 is 0 Å². The number of benzene rings is 3. The molecule has 3 aromatic rings. The van der Waals surface area contributed by atoms with Crippen molar-refractivity contribution in [2.75, 3.05) is 11.1 Å². The van der Waals surface area contributed by atoms with E-state index in [4.69, 9.17) is 15.6 Å². The maximum Gasteiger partial charge on any atom is 0.336 e. The Morgan fingerprint density at radius 3 is 1.96 bits per heavy atom. The molecule has 4 N–H and O–H groups in total. The van der Waals surface area contributed by atoms with Crippen molar-refractivity contribution in [1.29, 1.82) is 0 Å². The first-order chi connectivity index (χ1) is 12.5. The number of nitrogens with one attached hydrogen (secondary N) is 1. The van der Waals surface area contributed by atoms with Crippen LogP contribution in [0.1, 0.15) is 22.1 Å². The van der Waals surface area contributed by atoms with Crippen LogP contribution in [0, 0.1) is 0 Å². The zero-order valence-corrected chi connectivity index (χ0v) is 13.7. The summed E-state index contributed by atoms with van der Waals surface area (Å²) in [5, 5.41) is 11.8. The number of carbonyl (C=O) groups excluding carboxylic acids is 1. The summed E-state index contributed by atoms with van der Waals surface area (Å²) in [4.78, 5) is 23.5. The minimum absolute atomic E-state index is 0. The van der Waals surface area contributed by atoms with E-state index in [-0.39, 0.29) is 12.6 Å². The van der Waals surface area contributed by atoms with Gasteiger partial charge in [-0.1, -0.05) is 12.1 Å². The zero-order valence-electron chi connectivity index (χ0n) is 13.7. The summed E-state index contributed by atoms with van der Waals surface area (Å²) in [6.07, 6.45) is 0. The average Bonchev–Trinajstić information content (AvgIpc) is 2.65. The molecule has 0 radical (unpaired) electrons. The summed E-state index contributed by atoms with van der Waals surface area (Å²) in [5.41, 5.74) is 6.86. The van der Waals surface area contributed by atoms with E-state index < -0.39 is 11.9 Å². The van der Waals surface area contributed by atoms with Crippen molar-refractivity contribution in [3.8, 4) is 11.5 Å². The number of aromatic carboxylic acids is 1. The number of ether oxygens (including phenoxy) is 1. The van der Waals surface area contributed by atoms with Gasteiger partial charge in [-0.05, 0) is 60.7 Å². The number of hydrogen-bond donors (Lipinski definition) is 3. The normalized spacial score (nSPS) is 10.2. The summed E-state index contributed by atoms with van der Waals surface area (Å²) in [6, 6.07) is 19.8. The molecule has 0 unspecified atom stereocenters. The molecule has 0 saturated heterocycles. The second-order valence-electron chi connectivity index (χ2n) is 5.50. The van der Waals surface area contributed by atoms with Crippen molar-refractivity contribution in [2.24, 2.45) is 0 Å². The molecule has 0 bridgehead atoms. The van der Waals surface area contributed by atoms with Crippen LogP contribution in [0.5, 0.6) is 11.5 Å². The van der Waals surface area contributed by atoms with Crippen LogP contribution in [0.3, 0.4) is 0 Å². The van der Waals surface area contributed by atoms with Crippen molar-refractivity contribution in [1.82, 2.24) is 0 Å². The first-order valence-corrected chi connectivity index (χ1v) is 7.80. The van der Waals surface area contributed by atoms with E-state index in [0.717, 1.165) is 0 Å². The van der Waals surface area contributed by atoms with Gasteiger partial charge in [0.2, 0.25) is 0 Å². The summed E-state index contributed by atoms with van der Waals surface area (Å²) >= 11 is 0. The van der Waals surface area contributed by atoms with Crippen LogP contribution in [0.15, 0.2) is 72.8 Å². The van der Waals surface area contributed by atoms with Gasteiger partial charge in [0.05, 0.1) is 11.1 Å². The lowest BCUT2D eigenvalue weighted by Crippen LogP contribution is -2.16. The second-order valence-corrected chi connectivity index (χ2v) is 5.50. The van der Waals surface area contributed by atoms with Gasteiger partial charge in [-0.25, -0.2) is 4.79 Å². The van der Waals surface area contributed by atoms with Gasteiger partial charge in [0, 0.05) is 12.8 Å². The Labute approximate surface area is 151 Å². The molecule has 0 fully saturated rings. The Bertz CT molecular complexity index is 941. The lowest BCUT2D eigenvalue weighted by Gasteiger charge is -2.09. The van der Waals surface area contributed by atoms with Crippen molar-refractivity contribution in [2.45, 2.75) is 0 Å². The van der Waals surface area contributed by atoms with Gasteiger partial charge in [0.15, 0.2) is 0 Å². The fourth-order valence-corrected chi connectivity index (χ4v) is 2.34.